The highest BCUT2D eigenvalue weighted by atomic mass is 127. The van der Waals surface area contributed by atoms with E-state index in [1.54, 1.807) is 13.3 Å². The third kappa shape index (κ3) is 3.64. The van der Waals surface area contributed by atoms with E-state index in [-0.39, 0.29) is 24.0 Å². The number of ether oxygens (including phenoxy) is 1. The number of guanidine groups is 1. The molecule has 22 heavy (non-hydrogen) atoms. The fourth-order valence-corrected chi connectivity index (χ4v) is 3.39. The Morgan fingerprint density at radius 1 is 1.45 bits per heavy atom. The van der Waals surface area contributed by atoms with E-state index in [9.17, 15) is 0 Å². The Morgan fingerprint density at radius 2 is 2.27 bits per heavy atom. The van der Waals surface area contributed by atoms with Crippen molar-refractivity contribution < 1.29 is 4.74 Å². The van der Waals surface area contributed by atoms with Gasteiger partial charge in [0, 0.05) is 38.9 Å². The molecule has 1 saturated carbocycles. The molecule has 2 heterocycles. The van der Waals surface area contributed by atoms with Crippen LogP contribution in [0.15, 0.2) is 23.3 Å². The van der Waals surface area contributed by atoms with E-state index in [1.807, 2.05) is 19.2 Å². The normalized spacial score (nSPS) is 19.5. The second kappa shape index (κ2) is 7.48. The minimum Gasteiger partial charge on any atom is -0.481 e. The number of nitrogens with one attached hydrogen (secondary N) is 1. The molecule has 1 aromatic rings. The first-order valence-corrected chi connectivity index (χ1v) is 7.69. The summed E-state index contributed by atoms with van der Waals surface area (Å²) in [5.74, 6) is 1.66. The second-order valence-corrected chi connectivity index (χ2v) is 6.13. The molecule has 5 nitrogen and oxygen atoms in total. The van der Waals surface area contributed by atoms with Gasteiger partial charge in [0.05, 0.1) is 7.11 Å². The fourth-order valence-electron chi connectivity index (χ4n) is 3.39. The standard InChI is InChI=1S/C16H24N4O.HI/c1-17-15(20-9-7-16(12-20)5-3-6-16)19-11-13-4-8-18-14(10-13)21-2;/h4,8,10H,3,5-7,9,11-12H2,1-2H3,(H,17,19);1H. The smallest absolute Gasteiger partial charge is 0.213 e. The van der Waals surface area contributed by atoms with Crippen molar-refractivity contribution in [2.45, 2.75) is 32.2 Å². The Bertz CT molecular complexity index is 531. The van der Waals surface area contributed by atoms with Crippen molar-refractivity contribution in [2.24, 2.45) is 10.4 Å². The molecule has 0 aromatic carbocycles. The molecule has 1 aliphatic carbocycles. The van der Waals surface area contributed by atoms with Crippen molar-refractivity contribution in [3.05, 3.63) is 23.9 Å². The maximum Gasteiger partial charge on any atom is 0.213 e. The van der Waals surface area contributed by atoms with Crippen LogP contribution < -0.4 is 10.1 Å². The van der Waals surface area contributed by atoms with Crippen molar-refractivity contribution in [1.82, 2.24) is 15.2 Å². The summed E-state index contributed by atoms with van der Waals surface area (Å²) in [5.41, 5.74) is 1.75. The van der Waals surface area contributed by atoms with Gasteiger partial charge in [0.1, 0.15) is 0 Å². The van der Waals surface area contributed by atoms with Crippen LogP contribution in [-0.4, -0.2) is 43.1 Å². The SMILES string of the molecule is CN=C(NCc1ccnc(OC)c1)N1CCC2(CCC2)C1.I. The monoisotopic (exact) mass is 416 g/mol. The number of halogens is 1. The number of hydrogen-bond donors (Lipinski definition) is 1. The third-order valence-corrected chi connectivity index (χ3v) is 4.82. The Balaban J connectivity index is 0.00000176. The molecular weight excluding hydrogens is 391 g/mol. The maximum absolute atomic E-state index is 5.16. The minimum absolute atomic E-state index is 0. The topological polar surface area (TPSA) is 49.8 Å². The van der Waals surface area contributed by atoms with E-state index in [4.69, 9.17) is 4.74 Å². The van der Waals surface area contributed by atoms with E-state index < -0.39 is 0 Å². The quantitative estimate of drug-likeness (QED) is 0.468. The Hall–Kier alpha value is -1.05. The van der Waals surface area contributed by atoms with Crippen LogP contribution in [0.25, 0.3) is 0 Å². The summed E-state index contributed by atoms with van der Waals surface area (Å²) < 4.78 is 5.16. The molecule has 1 spiro atoms. The molecule has 2 fully saturated rings. The number of aliphatic imine (C=N–C) groups is 1. The molecule has 0 radical (unpaired) electrons. The van der Waals surface area contributed by atoms with E-state index in [0.29, 0.717) is 11.3 Å². The van der Waals surface area contributed by atoms with Crippen LogP contribution in [0.5, 0.6) is 5.88 Å². The third-order valence-electron chi connectivity index (χ3n) is 4.82. The molecule has 1 N–H and O–H groups in total. The summed E-state index contributed by atoms with van der Waals surface area (Å²) in [6.45, 7) is 3.03. The first kappa shape index (κ1) is 17.3. The molecule has 0 amide bonds. The van der Waals surface area contributed by atoms with Crippen LogP contribution in [0.1, 0.15) is 31.2 Å². The van der Waals surface area contributed by atoms with E-state index in [1.165, 1.54) is 25.7 Å². The second-order valence-electron chi connectivity index (χ2n) is 6.13. The lowest BCUT2D eigenvalue weighted by Gasteiger charge is -2.38. The average Bonchev–Trinajstić information content (AvgIpc) is 2.94. The molecule has 6 heteroatoms. The van der Waals surface area contributed by atoms with Crippen LogP contribution in [0.4, 0.5) is 0 Å². The lowest BCUT2D eigenvalue weighted by Crippen LogP contribution is -2.42. The molecule has 0 atom stereocenters. The zero-order valence-electron chi connectivity index (χ0n) is 13.3. The lowest BCUT2D eigenvalue weighted by molar-refractivity contribution is 0.151. The van der Waals surface area contributed by atoms with Crippen LogP contribution in [0, 0.1) is 5.41 Å². The number of methoxy groups -OCH3 is 1. The summed E-state index contributed by atoms with van der Waals surface area (Å²) in [5, 5.41) is 3.46. The van der Waals surface area contributed by atoms with Gasteiger partial charge in [0.2, 0.25) is 5.88 Å². The van der Waals surface area contributed by atoms with Crippen LogP contribution in [-0.2, 0) is 6.54 Å². The van der Waals surface area contributed by atoms with E-state index >= 15 is 0 Å². The predicted octanol–water partition coefficient (Wildman–Crippen LogP) is 2.66. The fraction of sp³-hybridized carbons (Fsp3) is 0.625. The number of nitrogens with zero attached hydrogens (tertiary/aromatic N) is 3. The van der Waals surface area contributed by atoms with Gasteiger partial charge in [-0.2, -0.15) is 0 Å². The van der Waals surface area contributed by atoms with Crippen molar-refractivity contribution in [1.29, 1.82) is 0 Å². The van der Waals surface area contributed by atoms with Crippen molar-refractivity contribution >= 4 is 29.9 Å². The first-order valence-electron chi connectivity index (χ1n) is 7.69. The Kier molecular flexibility index (Phi) is 5.88. The van der Waals surface area contributed by atoms with Gasteiger partial charge >= 0.3 is 0 Å². The van der Waals surface area contributed by atoms with Crippen molar-refractivity contribution in [2.75, 3.05) is 27.2 Å². The molecule has 0 unspecified atom stereocenters. The molecule has 1 aromatic heterocycles. The molecule has 122 valence electrons. The summed E-state index contributed by atoms with van der Waals surface area (Å²) in [4.78, 5) is 11.0. The van der Waals surface area contributed by atoms with E-state index in [0.717, 1.165) is 31.2 Å². The van der Waals surface area contributed by atoms with Crippen molar-refractivity contribution in [3.8, 4) is 5.88 Å². The van der Waals surface area contributed by atoms with Crippen molar-refractivity contribution in [3.63, 3.8) is 0 Å². The van der Waals surface area contributed by atoms with Crippen LogP contribution in [0.2, 0.25) is 0 Å². The number of rotatable bonds is 3. The van der Waals surface area contributed by atoms with Crippen LogP contribution >= 0.6 is 24.0 Å². The first-order chi connectivity index (χ1) is 10.2. The zero-order valence-corrected chi connectivity index (χ0v) is 15.7. The van der Waals surface area contributed by atoms with Gasteiger partial charge < -0.3 is 15.0 Å². The molecule has 1 aliphatic heterocycles. The van der Waals surface area contributed by atoms with Gasteiger partial charge in [0.15, 0.2) is 5.96 Å². The number of pyridine rings is 1. The highest BCUT2D eigenvalue weighted by Gasteiger charge is 2.43. The summed E-state index contributed by atoms with van der Waals surface area (Å²) in [7, 11) is 3.50. The van der Waals surface area contributed by atoms with Gasteiger partial charge in [-0.1, -0.05) is 6.42 Å². The summed E-state index contributed by atoms with van der Waals surface area (Å²) >= 11 is 0. The Labute approximate surface area is 149 Å². The largest absolute Gasteiger partial charge is 0.481 e. The summed E-state index contributed by atoms with van der Waals surface area (Å²) in [6.07, 6.45) is 7.27. The molecule has 3 rings (SSSR count). The van der Waals surface area contributed by atoms with Gasteiger partial charge in [-0.25, -0.2) is 4.98 Å². The highest BCUT2D eigenvalue weighted by Crippen LogP contribution is 2.47. The highest BCUT2D eigenvalue weighted by molar-refractivity contribution is 14.0. The van der Waals surface area contributed by atoms with Gasteiger partial charge in [-0.15, -0.1) is 24.0 Å². The Morgan fingerprint density at radius 3 is 2.86 bits per heavy atom. The average molecular weight is 416 g/mol. The number of likely N-dealkylation sites (tertiary alicyclic amines) is 1. The molecule has 0 bridgehead atoms. The number of aromatic nitrogens is 1. The lowest BCUT2D eigenvalue weighted by atomic mass is 9.68. The summed E-state index contributed by atoms with van der Waals surface area (Å²) in [6, 6.07) is 3.96. The maximum atomic E-state index is 5.16. The number of hydrogen-bond acceptors (Lipinski definition) is 3. The van der Waals surface area contributed by atoms with E-state index in [2.05, 4.69) is 20.2 Å². The minimum atomic E-state index is 0. The van der Waals surface area contributed by atoms with Gasteiger partial charge in [-0.3, -0.25) is 4.99 Å². The molecular formula is C16H25IN4O. The molecule has 1 saturated heterocycles. The van der Waals surface area contributed by atoms with Gasteiger partial charge in [0.25, 0.3) is 0 Å². The molecule has 2 aliphatic rings. The van der Waals surface area contributed by atoms with Crippen LogP contribution in [0.3, 0.4) is 0 Å². The zero-order chi connectivity index (χ0) is 14.7. The van der Waals surface area contributed by atoms with Gasteiger partial charge in [-0.05, 0) is 36.3 Å². The predicted molar refractivity (Wildman–Crippen MR) is 98.9 cm³/mol.